The Morgan fingerprint density at radius 2 is 2.00 bits per heavy atom. The average molecular weight is 448 g/mol. The minimum atomic E-state index is -0.467. The highest BCUT2D eigenvalue weighted by molar-refractivity contribution is 5.93. The van der Waals surface area contributed by atoms with E-state index < -0.39 is 5.82 Å². The Balaban J connectivity index is 1.67. The molecule has 2 aromatic carbocycles. The molecule has 4 aromatic rings. The minimum Gasteiger partial charge on any atom is -0.489 e. The number of esters is 1. The highest BCUT2D eigenvalue weighted by Gasteiger charge is 2.17. The summed E-state index contributed by atoms with van der Waals surface area (Å²) in [7, 11) is 0. The summed E-state index contributed by atoms with van der Waals surface area (Å²) in [5.74, 6) is -0.166. The number of carbonyl (C=O) groups is 1. The lowest BCUT2D eigenvalue weighted by atomic mass is 10.00. The number of fused-ring (bicyclic) bond motifs is 1. The molecule has 0 aliphatic heterocycles. The molecule has 7 heteroatoms. The zero-order chi connectivity index (χ0) is 23.4. The summed E-state index contributed by atoms with van der Waals surface area (Å²) in [4.78, 5) is 16.0. The third kappa shape index (κ3) is 4.88. The lowest BCUT2D eigenvalue weighted by Gasteiger charge is -2.14. The number of hydrogen-bond acceptors (Lipinski definition) is 6. The van der Waals surface area contributed by atoms with Crippen molar-refractivity contribution in [2.45, 2.75) is 33.4 Å². The summed E-state index contributed by atoms with van der Waals surface area (Å²) >= 11 is 0. The first-order valence-electron chi connectivity index (χ1n) is 10.7. The molecule has 0 saturated heterocycles. The van der Waals surface area contributed by atoms with Crippen LogP contribution in [-0.2, 0) is 29.1 Å². The number of rotatable bonds is 8. The number of aromatic nitrogens is 1. The highest BCUT2D eigenvalue weighted by atomic mass is 19.1. The van der Waals surface area contributed by atoms with Crippen molar-refractivity contribution in [1.82, 2.24) is 4.98 Å². The van der Waals surface area contributed by atoms with Gasteiger partial charge >= 0.3 is 5.97 Å². The fourth-order valence-corrected chi connectivity index (χ4v) is 3.74. The second-order valence-corrected chi connectivity index (χ2v) is 7.69. The summed E-state index contributed by atoms with van der Waals surface area (Å²) in [6.07, 6.45) is 3.23. The van der Waals surface area contributed by atoms with Gasteiger partial charge in [0.05, 0.1) is 25.0 Å². The van der Waals surface area contributed by atoms with Gasteiger partial charge in [0.15, 0.2) is 5.82 Å². The van der Waals surface area contributed by atoms with Crippen LogP contribution in [0.2, 0.25) is 0 Å². The summed E-state index contributed by atoms with van der Waals surface area (Å²) < 4.78 is 31.8. The van der Waals surface area contributed by atoms with E-state index in [9.17, 15) is 9.18 Å². The van der Waals surface area contributed by atoms with E-state index in [-0.39, 0.29) is 31.2 Å². The molecule has 0 radical (unpaired) electrons. The van der Waals surface area contributed by atoms with Crippen LogP contribution in [0.1, 0.15) is 29.3 Å². The molecule has 0 aliphatic carbocycles. The Kier molecular flexibility index (Phi) is 6.70. The van der Waals surface area contributed by atoms with Gasteiger partial charge in [-0.1, -0.05) is 12.1 Å². The third-order valence-corrected chi connectivity index (χ3v) is 5.31. The van der Waals surface area contributed by atoms with Crippen LogP contribution < -0.4 is 10.5 Å². The molecule has 0 aliphatic rings. The number of benzene rings is 2. The maximum atomic E-state index is 15.0. The third-order valence-electron chi connectivity index (χ3n) is 5.31. The van der Waals surface area contributed by atoms with Gasteiger partial charge in [0.2, 0.25) is 0 Å². The van der Waals surface area contributed by atoms with E-state index in [2.05, 4.69) is 4.98 Å². The Morgan fingerprint density at radius 1 is 1.15 bits per heavy atom. The van der Waals surface area contributed by atoms with E-state index in [0.717, 1.165) is 22.1 Å². The van der Waals surface area contributed by atoms with Crippen LogP contribution in [0.5, 0.6) is 5.75 Å². The first kappa shape index (κ1) is 22.5. The minimum absolute atomic E-state index is 0.000371. The number of carbonyl (C=O) groups excluding carboxylic acids is 1. The molecule has 2 N–H and O–H groups in total. The van der Waals surface area contributed by atoms with Gasteiger partial charge in [-0.25, -0.2) is 4.39 Å². The predicted octanol–water partition coefficient (Wildman–Crippen LogP) is 5.09. The van der Waals surface area contributed by atoms with Crippen molar-refractivity contribution in [3.05, 3.63) is 83.1 Å². The largest absolute Gasteiger partial charge is 0.489 e. The fraction of sp³-hybridized carbons (Fsp3) is 0.231. The van der Waals surface area contributed by atoms with Gasteiger partial charge < -0.3 is 19.6 Å². The van der Waals surface area contributed by atoms with Crippen molar-refractivity contribution in [1.29, 1.82) is 0 Å². The quantitative estimate of drug-likeness (QED) is 0.378. The average Bonchev–Trinajstić information content (AvgIpc) is 3.28. The molecule has 170 valence electrons. The van der Waals surface area contributed by atoms with E-state index in [1.54, 1.807) is 19.3 Å². The number of ether oxygens (including phenoxy) is 2. The number of pyridine rings is 1. The fourth-order valence-electron chi connectivity index (χ4n) is 3.74. The Bertz CT molecular complexity index is 1300. The summed E-state index contributed by atoms with van der Waals surface area (Å²) in [6.45, 7) is 4.28. The number of nitrogens with zero attached hydrogens (tertiary/aromatic N) is 1. The van der Waals surface area contributed by atoms with Crippen LogP contribution >= 0.6 is 0 Å². The van der Waals surface area contributed by atoms with Crippen molar-refractivity contribution in [2.24, 2.45) is 5.73 Å². The van der Waals surface area contributed by atoms with Crippen LogP contribution in [0.3, 0.4) is 0 Å². The van der Waals surface area contributed by atoms with Gasteiger partial charge in [-0.15, -0.1) is 0 Å². The molecule has 2 heterocycles. The van der Waals surface area contributed by atoms with Gasteiger partial charge in [-0.2, -0.15) is 0 Å². The summed E-state index contributed by atoms with van der Waals surface area (Å²) in [5, 5.41) is 0.826. The van der Waals surface area contributed by atoms with E-state index in [1.165, 1.54) is 6.20 Å². The zero-order valence-electron chi connectivity index (χ0n) is 18.6. The number of nitrogens with two attached hydrogens (primary N) is 1. The number of hydrogen-bond donors (Lipinski definition) is 1. The van der Waals surface area contributed by atoms with Crippen molar-refractivity contribution in [2.75, 3.05) is 6.61 Å². The van der Waals surface area contributed by atoms with E-state index >= 15 is 0 Å². The molecular weight excluding hydrogens is 423 g/mol. The second-order valence-electron chi connectivity index (χ2n) is 7.69. The summed E-state index contributed by atoms with van der Waals surface area (Å²) in [5.41, 5.74) is 9.95. The molecule has 0 fully saturated rings. The van der Waals surface area contributed by atoms with Gasteiger partial charge in [-0.3, -0.25) is 9.78 Å². The van der Waals surface area contributed by atoms with Crippen molar-refractivity contribution in [3.63, 3.8) is 0 Å². The summed E-state index contributed by atoms with van der Waals surface area (Å²) in [6, 6.07) is 12.9. The Labute approximate surface area is 191 Å². The molecule has 2 aromatic heterocycles. The lowest BCUT2D eigenvalue weighted by molar-refractivity contribution is -0.142. The lowest BCUT2D eigenvalue weighted by Crippen LogP contribution is -2.09. The first-order valence-corrected chi connectivity index (χ1v) is 10.7. The Morgan fingerprint density at radius 3 is 2.79 bits per heavy atom. The van der Waals surface area contributed by atoms with Crippen molar-refractivity contribution >= 4 is 16.9 Å². The van der Waals surface area contributed by atoms with Crippen LogP contribution in [0.25, 0.3) is 22.1 Å². The first-order chi connectivity index (χ1) is 16.0. The Hall–Kier alpha value is -3.71. The molecule has 0 amide bonds. The van der Waals surface area contributed by atoms with Gasteiger partial charge in [0.1, 0.15) is 17.9 Å². The normalized spacial score (nSPS) is 11.0. The SMILES string of the molecule is CCOC(=O)Cc1ccc(C)cc1OCc1cc(-c2ccnc(CN)c2F)c2occc2c1. The molecule has 0 spiro atoms. The van der Waals surface area contributed by atoms with Gasteiger partial charge in [0, 0.05) is 34.8 Å². The molecule has 0 unspecified atom stereocenters. The molecule has 0 bridgehead atoms. The molecule has 6 nitrogen and oxygen atoms in total. The maximum Gasteiger partial charge on any atom is 0.310 e. The van der Waals surface area contributed by atoms with Gasteiger partial charge in [-0.05, 0) is 55.3 Å². The predicted molar refractivity (Wildman–Crippen MR) is 123 cm³/mol. The van der Waals surface area contributed by atoms with Crippen LogP contribution in [0.4, 0.5) is 4.39 Å². The second kappa shape index (κ2) is 9.83. The monoisotopic (exact) mass is 448 g/mol. The highest BCUT2D eigenvalue weighted by Crippen LogP contribution is 2.34. The van der Waals surface area contributed by atoms with Crippen LogP contribution in [0.15, 0.2) is 59.3 Å². The standard InChI is InChI=1S/C26H25FN2O4/c1-3-31-24(30)13-18-5-4-16(2)10-23(18)33-15-17-11-19-7-9-32-26(19)21(12-17)20-6-8-29-22(14-28)25(20)27/h4-12H,3,13-15,28H2,1-2H3. The maximum absolute atomic E-state index is 15.0. The number of furan rings is 1. The molecule has 33 heavy (non-hydrogen) atoms. The zero-order valence-corrected chi connectivity index (χ0v) is 18.6. The molecular formula is C26H25FN2O4. The van der Waals surface area contributed by atoms with E-state index in [1.807, 2.05) is 43.3 Å². The number of halogens is 1. The molecule has 0 saturated carbocycles. The van der Waals surface area contributed by atoms with Crippen molar-refractivity contribution in [3.8, 4) is 16.9 Å². The van der Waals surface area contributed by atoms with Crippen LogP contribution in [-0.4, -0.2) is 17.6 Å². The molecule has 0 atom stereocenters. The topological polar surface area (TPSA) is 87.6 Å². The van der Waals surface area contributed by atoms with Crippen LogP contribution in [0, 0.1) is 12.7 Å². The van der Waals surface area contributed by atoms with E-state index in [0.29, 0.717) is 29.1 Å². The smallest absolute Gasteiger partial charge is 0.310 e. The van der Waals surface area contributed by atoms with Gasteiger partial charge in [0.25, 0.3) is 0 Å². The number of aryl methyl sites for hydroxylation is 1. The molecule has 4 rings (SSSR count). The van der Waals surface area contributed by atoms with E-state index in [4.69, 9.17) is 19.6 Å². The van der Waals surface area contributed by atoms with Crippen molar-refractivity contribution < 1.29 is 23.1 Å².